The highest BCUT2D eigenvalue weighted by molar-refractivity contribution is 6.31. The van der Waals surface area contributed by atoms with Crippen LogP contribution in [0.4, 0.5) is 11.6 Å². The van der Waals surface area contributed by atoms with Crippen molar-refractivity contribution in [2.24, 2.45) is 0 Å². The lowest BCUT2D eigenvalue weighted by atomic mass is 10.3. The molecule has 0 aliphatic rings. The molecule has 1 heterocycles. The van der Waals surface area contributed by atoms with Gasteiger partial charge in [-0.3, -0.25) is 4.79 Å². The maximum Gasteiger partial charge on any atom is 0.270 e. The zero-order valence-corrected chi connectivity index (χ0v) is 15.2. The molecule has 7 nitrogen and oxygen atoms in total. The molecule has 0 bridgehead atoms. The highest BCUT2D eigenvalue weighted by Crippen LogP contribution is 2.29. The van der Waals surface area contributed by atoms with Crippen LogP contribution in [-0.4, -0.2) is 43.2 Å². The summed E-state index contributed by atoms with van der Waals surface area (Å²) in [6.07, 6.45) is 0.733. The molecule has 1 aromatic carbocycles. The molecule has 0 atom stereocenters. The third-order valence-electron chi connectivity index (χ3n) is 3.31. The van der Waals surface area contributed by atoms with Crippen LogP contribution < -0.4 is 15.4 Å². The summed E-state index contributed by atoms with van der Waals surface area (Å²) in [6, 6.07) is 6.80. The van der Waals surface area contributed by atoms with Gasteiger partial charge >= 0.3 is 0 Å². The van der Waals surface area contributed by atoms with Gasteiger partial charge in [0.2, 0.25) is 5.95 Å². The normalized spacial score (nSPS) is 10.4. The summed E-state index contributed by atoms with van der Waals surface area (Å²) in [6.45, 7) is 2.90. The molecule has 0 unspecified atom stereocenters. The number of nitrogens with one attached hydrogen (secondary N) is 2. The first-order chi connectivity index (χ1) is 12.0. The number of ether oxygens (including phenoxy) is 2. The van der Waals surface area contributed by atoms with Crippen LogP contribution in [0.1, 0.15) is 22.6 Å². The van der Waals surface area contributed by atoms with Crippen LogP contribution in [0, 0.1) is 6.92 Å². The minimum Gasteiger partial charge on any atom is -0.495 e. The number of amides is 1. The minimum atomic E-state index is -0.261. The van der Waals surface area contributed by atoms with Crippen LogP contribution >= 0.6 is 11.6 Å². The first kappa shape index (κ1) is 19.0. The van der Waals surface area contributed by atoms with Gasteiger partial charge in [0.25, 0.3) is 5.91 Å². The Bertz CT molecular complexity index is 740. The van der Waals surface area contributed by atoms with Crippen molar-refractivity contribution in [3.8, 4) is 5.75 Å². The van der Waals surface area contributed by atoms with Gasteiger partial charge in [0, 0.05) is 31.0 Å². The van der Waals surface area contributed by atoms with E-state index in [1.807, 2.05) is 0 Å². The Morgan fingerprint density at radius 2 is 2.04 bits per heavy atom. The molecule has 1 amide bonds. The summed E-state index contributed by atoms with van der Waals surface area (Å²) < 4.78 is 10.2. The topological polar surface area (TPSA) is 85.4 Å². The van der Waals surface area contributed by atoms with Crippen molar-refractivity contribution in [3.05, 3.63) is 40.7 Å². The zero-order valence-electron chi connectivity index (χ0n) is 14.4. The van der Waals surface area contributed by atoms with Crippen LogP contribution in [0.25, 0.3) is 0 Å². The van der Waals surface area contributed by atoms with E-state index in [-0.39, 0.29) is 11.6 Å². The number of aromatic nitrogens is 2. The van der Waals surface area contributed by atoms with E-state index in [2.05, 4.69) is 20.6 Å². The Balaban J connectivity index is 2.16. The minimum absolute atomic E-state index is 0.261. The Kier molecular flexibility index (Phi) is 6.97. The van der Waals surface area contributed by atoms with Gasteiger partial charge in [-0.2, -0.15) is 0 Å². The second kappa shape index (κ2) is 9.19. The van der Waals surface area contributed by atoms with Crippen LogP contribution in [-0.2, 0) is 4.74 Å². The first-order valence-electron chi connectivity index (χ1n) is 7.77. The summed E-state index contributed by atoms with van der Waals surface area (Å²) in [5, 5.41) is 6.39. The predicted octanol–water partition coefficient (Wildman–Crippen LogP) is 2.96. The summed E-state index contributed by atoms with van der Waals surface area (Å²) in [7, 11) is 3.18. The summed E-state index contributed by atoms with van der Waals surface area (Å²) in [5.74, 6) is 0.630. The number of aryl methyl sites for hydroxylation is 1. The fourth-order valence-corrected chi connectivity index (χ4v) is 2.32. The third kappa shape index (κ3) is 5.58. The van der Waals surface area contributed by atoms with Gasteiger partial charge in [-0.15, -0.1) is 0 Å². The quantitative estimate of drug-likeness (QED) is 0.700. The van der Waals surface area contributed by atoms with Crippen LogP contribution in [0.15, 0.2) is 24.3 Å². The second-order valence-corrected chi connectivity index (χ2v) is 5.73. The average Bonchev–Trinajstić information content (AvgIpc) is 2.58. The lowest BCUT2D eigenvalue weighted by Gasteiger charge is -2.12. The van der Waals surface area contributed by atoms with E-state index in [1.165, 1.54) is 0 Å². The number of methoxy groups -OCH3 is 2. The van der Waals surface area contributed by atoms with Gasteiger partial charge in [-0.05, 0) is 37.6 Å². The van der Waals surface area contributed by atoms with E-state index in [0.29, 0.717) is 41.3 Å². The predicted molar refractivity (Wildman–Crippen MR) is 96.9 cm³/mol. The molecule has 0 fully saturated rings. The van der Waals surface area contributed by atoms with Crippen molar-refractivity contribution in [1.29, 1.82) is 0 Å². The number of carbonyl (C=O) groups is 1. The maximum absolute atomic E-state index is 12.2. The molecule has 2 aromatic rings. The first-order valence-corrected chi connectivity index (χ1v) is 8.14. The van der Waals surface area contributed by atoms with Gasteiger partial charge in [-0.1, -0.05) is 11.6 Å². The maximum atomic E-state index is 12.2. The number of hydrogen-bond donors (Lipinski definition) is 2. The molecule has 0 aliphatic carbocycles. The summed E-state index contributed by atoms with van der Waals surface area (Å²) in [4.78, 5) is 20.8. The second-order valence-electron chi connectivity index (χ2n) is 5.29. The highest BCUT2D eigenvalue weighted by Gasteiger charge is 2.12. The van der Waals surface area contributed by atoms with E-state index in [1.54, 1.807) is 45.4 Å². The van der Waals surface area contributed by atoms with E-state index in [0.717, 1.165) is 6.42 Å². The lowest BCUT2D eigenvalue weighted by Crippen LogP contribution is -2.26. The number of halogens is 1. The standard InChI is InChI=1S/C17H21ClN4O3/c1-11-9-14(16(23)19-7-4-8-24-2)22-17(20-11)21-13-10-12(18)5-6-15(13)25-3/h5-6,9-10H,4,7-8H2,1-3H3,(H,19,23)(H,20,21,22). The van der Waals surface area contributed by atoms with Crippen molar-refractivity contribution in [2.75, 3.05) is 32.7 Å². The molecule has 0 saturated heterocycles. The molecule has 1 aromatic heterocycles. The number of anilines is 2. The summed E-state index contributed by atoms with van der Waals surface area (Å²) >= 11 is 6.03. The third-order valence-corrected chi connectivity index (χ3v) is 3.54. The van der Waals surface area contributed by atoms with Crippen molar-refractivity contribution in [3.63, 3.8) is 0 Å². The molecule has 0 aliphatic heterocycles. The van der Waals surface area contributed by atoms with Gasteiger partial charge < -0.3 is 20.1 Å². The van der Waals surface area contributed by atoms with Crippen LogP contribution in [0.3, 0.4) is 0 Å². The van der Waals surface area contributed by atoms with Gasteiger partial charge in [0.15, 0.2) is 0 Å². The molecular formula is C17H21ClN4O3. The molecule has 2 N–H and O–H groups in total. The number of nitrogens with zero attached hydrogens (tertiary/aromatic N) is 2. The molecule has 0 spiro atoms. The lowest BCUT2D eigenvalue weighted by molar-refractivity contribution is 0.0943. The molecular weight excluding hydrogens is 344 g/mol. The van der Waals surface area contributed by atoms with Crippen LogP contribution in [0.2, 0.25) is 5.02 Å². The van der Waals surface area contributed by atoms with Gasteiger partial charge in [0.1, 0.15) is 11.4 Å². The van der Waals surface area contributed by atoms with Crippen molar-refractivity contribution >= 4 is 29.1 Å². The smallest absolute Gasteiger partial charge is 0.270 e. The number of hydrogen-bond acceptors (Lipinski definition) is 6. The monoisotopic (exact) mass is 364 g/mol. The molecule has 0 radical (unpaired) electrons. The van der Waals surface area contributed by atoms with Gasteiger partial charge in [-0.25, -0.2) is 9.97 Å². The van der Waals surface area contributed by atoms with Crippen LogP contribution in [0.5, 0.6) is 5.75 Å². The number of rotatable bonds is 8. The summed E-state index contributed by atoms with van der Waals surface area (Å²) in [5.41, 5.74) is 1.57. The molecule has 0 saturated carbocycles. The largest absolute Gasteiger partial charge is 0.495 e. The van der Waals surface area contributed by atoms with Gasteiger partial charge in [0.05, 0.1) is 12.8 Å². The molecule has 25 heavy (non-hydrogen) atoms. The molecule has 8 heteroatoms. The Hall–Kier alpha value is -2.38. The SMILES string of the molecule is COCCCNC(=O)c1cc(C)nc(Nc2cc(Cl)ccc2OC)n1. The van der Waals surface area contributed by atoms with E-state index < -0.39 is 0 Å². The molecule has 134 valence electrons. The van der Waals surface area contributed by atoms with Crippen molar-refractivity contribution < 1.29 is 14.3 Å². The van der Waals surface area contributed by atoms with E-state index in [9.17, 15) is 4.79 Å². The fraction of sp³-hybridized carbons (Fsp3) is 0.353. The van der Waals surface area contributed by atoms with Crippen molar-refractivity contribution in [2.45, 2.75) is 13.3 Å². The number of carbonyl (C=O) groups excluding carboxylic acids is 1. The Labute approximate surface area is 151 Å². The highest BCUT2D eigenvalue weighted by atomic mass is 35.5. The molecule has 2 rings (SSSR count). The zero-order chi connectivity index (χ0) is 18.2. The Morgan fingerprint density at radius 1 is 1.24 bits per heavy atom. The Morgan fingerprint density at radius 3 is 2.76 bits per heavy atom. The fourth-order valence-electron chi connectivity index (χ4n) is 2.15. The average molecular weight is 365 g/mol. The van der Waals surface area contributed by atoms with E-state index in [4.69, 9.17) is 21.1 Å². The van der Waals surface area contributed by atoms with Crippen molar-refractivity contribution in [1.82, 2.24) is 15.3 Å². The number of benzene rings is 1. The van der Waals surface area contributed by atoms with E-state index >= 15 is 0 Å².